The fourth-order valence-corrected chi connectivity index (χ4v) is 2.63. The van der Waals surface area contributed by atoms with Crippen molar-refractivity contribution in [2.24, 2.45) is 0 Å². The first-order chi connectivity index (χ1) is 8.70. The van der Waals surface area contributed by atoms with E-state index in [4.69, 9.17) is 12.2 Å². The van der Waals surface area contributed by atoms with Crippen LogP contribution >= 0.6 is 12.2 Å². The SMILES string of the molecule is CC(C)NC(=S)N[C@H](C)c1ccc(S(C)(=O)=O)cc1. The molecule has 0 radical (unpaired) electrons. The third kappa shape index (κ3) is 5.16. The van der Waals surface area contributed by atoms with Crippen LogP contribution in [0.2, 0.25) is 0 Å². The second kappa shape index (κ2) is 6.34. The van der Waals surface area contributed by atoms with Crippen LogP contribution in [0.15, 0.2) is 29.2 Å². The summed E-state index contributed by atoms with van der Waals surface area (Å²) in [5.41, 5.74) is 0.986. The van der Waals surface area contributed by atoms with Crippen molar-refractivity contribution in [3.63, 3.8) is 0 Å². The first kappa shape index (κ1) is 15.9. The molecular formula is C13H20N2O2S2. The van der Waals surface area contributed by atoms with Gasteiger partial charge >= 0.3 is 0 Å². The van der Waals surface area contributed by atoms with Gasteiger partial charge in [0, 0.05) is 12.3 Å². The number of nitrogens with one attached hydrogen (secondary N) is 2. The third-order valence-corrected chi connectivity index (χ3v) is 3.94. The molecular weight excluding hydrogens is 280 g/mol. The number of hydrogen-bond donors (Lipinski definition) is 2. The quantitative estimate of drug-likeness (QED) is 0.833. The van der Waals surface area contributed by atoms with Gasteiger partial charge in [-0.05, 0) is 50.7 Å². The van der Waals surface area contributed by atoms with Crippen LogP contribution in [0.25, 0.3) is 0 Å². The fourth-order valence-electron chi connectivity index (χ4n) is 1.59. The van der Waals surface area contributed by atoms with E-state index in [-0.39, 0.29) is 12.1 Å². The monoisotopic (exact) mass is 300 g/mol. The van der Waals surface area contributed by atoms with Gasteiger partial charge < -0.3 is 10.6 Å². The zero-order valence-corrected chi connectivity index (χ0v) is 13.2. The molecule has 0 saturated heterocycles. The van der Waals surface area contributed by atoms with Gasteiger partial charge in [-0.15, -0.1) is 0 Å². The average molecular weight is 300 g/mol. The molecule has 0 unspecified atom stereocenters. The Hall–Kier alpha value is -1.14. The van der Waals surface area contributed by atoms with Crippen LogP contribution in [0.1, 0.15) is 32.4 Å². The molecule has 19 heavy (non-hydrogen) atoms. The lowest BCUT2D eigenvalue weighted by Gasteiger charge is -2.19. The molecule has 0 bridgehead atoms. The van der Waals surface area contributed by atoms with Gasteiger partial charge in [0.05, 0.1) is 10.9 Å². The van der Waals surface area contributed by atoms with Gasteiger partial charge in [0.15, 0.2) is 14.9 Å². The Morgan fingerprint density at radius 2 is 1.63 bits per heavy atom. The predicted octanol–water partition coefficient (Wildman–Crippen LogP) is 2.02. The van der Waals surface area contributed by atoms with Crippen LogP contribution < -0.4 is 10.6 Å². The Labute approximate surface area is 120 Å². The van der Waals surface area contributed by atoms with Crippen molar-refractivity contribution in [3.8, 4) is 0 Å². The van der Waals surface area contributed by atoms with Gasteiger partial charge in [0.1, 0.15) is 0 Å². The molecule has 0 fully saturated rings. The average Bonchev–Trinajstić information content (AvgIpc) is 2.26. The summed E-state index contributed by atoms with van der Waals surface area (Å²) in [6.45, 7) is 6.00. The smallest absolute Gasteiger partial charge is 0.175 e. The van der Waals surface area contributed by atoms with Crippen molar-refractivity contribution in [3.05, 3.63) is 29.8 Å². The molecule has 1 aromatic carbocycles. The molecule has 0 aromatic heterocycles. The van der Waals surface area contributed by atoms with E-state index in [1.54, 1.807) is 24.3 Å². The molecule has 6 heteroatoms. The zero-order chi connectivity index (χ0) is 14.6. The summed E-state index contributed by atoms with van der Waals surface area (Å²) in [4.78, 5) is 0.325. The van der Waals surface area contributed by atoms with Crippen molar-refractivity contribution in [1.82, 2.24) is 10.6 Å². The minimum absolute atomic E-state index is 0.0207. The molecule has 1 atom stereocenters. The van der Waals surface area contributed by atoms with E-state index < -0.39 is 9.84 Å². The van der Waals surface area contributed by atoms with Crippen molar-refractivity contribution in [1.29, 1.82) is 0 Å². The van der Waals surface area contributed by atoms with Gasteiger partial charge in [-0.3, -0.25) is 0 Å². The highest BCUT2D eigenvalue weighted by molar-refractivity contribution is 7.90. The Morgan fingerprint density at radius 3 is 2.05 bits per heavy atom. The Balaban J connectivity index is 2.73. The Bertz CT molecular complexity index is 536. The maximum atomic E-state index is 11.4. The molecule has 0 aliphatic heterocycles. The van der Waals surface area contributed by atoms with Crippen molar-refractivity contribution in [2.75, 3.05) is 6.26 Å². The van der Waals surface area contributed by atoms with Crippen LogP contribution in [0, 0.1) is 0 Å². The van der Waals surface area contributed by atoms with E-state index in [9.17, 15) is 8.42 Å². The van der Waals surface area contributed by atoms with E-state index in [0.717, 1.165) is 5.56 Å². The summed E-state index contributed by atoms with van der Waals surface area (Å²) in [5, 5.41) is 6.85. The fraction of sp³-hybridized carbons (Fsp3) is 0.462. The largest absolute Gasteiger partial charge is 0.361 e. The van der Waals surface area contributed by atoms with Crippen LogP contribution in [-0.4, -0.2) is 25.8 Å². The molecule has 0 amide bonds. The highest BCUT2D eigenvalue weighted by Gasteiger charge is 2.10. The van der Waals surface area contributed by atoms with Crippen molar-refractivity contribution < 1.29 is 8.42 Å². The van der Waals surface area contributed by atoms with Gasteiger partial charge in [0.25, 0.3) is 0 Å². The minimum Gasteiger partial charge on any atom is -0.361 e. The van der Waals surface area contributed by atoms with Crippen LogP contribution in [0.4, 0.5) is 0 Å². The van der Waals surface area contributed by atoms with E-state index in [0.29, 0.717) is 10.0 Å². The Kier molecular flexibility index (Phi) is 5.31. The summed E-state index contributed by atoms with van der Waals surface area (Å²) >= 11 is 5.17. The number of hydrogen-bond acceptors (Lipinski definition) is 3. The lowest BCUT2D eigenvalue weighted by Crippen LogP contribution is -2.40. The molecule has 1 rings (SSSR count). The summed E-state index contributed by atoms with van der Waals surface area (Å²) < 4.78 is 22.7. The number of sulfone groups is 1. The molecule has 0 aliphatic rings. The lowest BCUT2D eigenvalue weighted by molar-refractivity contribution is 0.601. The van der Waals surface area contributed by atoms with Gasteiger partial charge in [-0.1, -0.05) is 12.1 Å². The Morgan fingerprint density at radius 1 is 1.11 bits per heavy atom. The summed E-state index contributed by atoms with van der Waals surface area (Å²) in [6, 6.07) is 7.12. The number of rotatable bonds is 4. The third-order valence-electron chi connectivity index (χ3n) is 2.58. The van der Waals surface area contributed by atoms with Gasteiger partial charge in [-0.25, -0.2) is 8.42 Å². The van der Waals surface area contributed by atoms with Gasteiger partial charge in [-0.2, -0.15) is 0 Å². The normalized spacial score (nSPS) is 13.1. The van der Waals surface area contributed by atoms with Crippen molar-refractivity contribution >= 4 is 27.2 Å². The topological polar surface area (TPSA) is 58.2 Å². The van der Waals surface area contributed by atoms with E-state index in [2.05, 4.69) is 10.6 Å². The molecule has 0 heterocycles. The predicted molar refractivity (Wildman–Crippen MR) is 82.0 cm³/mol. The summed E-state index contributed by atoms with van der Waals surface area (Å²) in [6.07, 6.45) is 1.20. The van der Waals surface area contributed by atoms with Crippen LogP contribution in [0.3, 0.4) is 0 Å². The summed E-state index contributed by atoms with van der Waals surface area (Å²) in [5.74, 6) is 0. The van der Waals surface area contributed by atoms with Gasteiger partial charge in [0.2, 0.25) is 0 Å². The molecule has 0 aliphatic carbocycles. The number of benzene rings is 1. The maximum Gasteiger partial charge on any atom is 0.175 e. The molecule has 1 aromatic rings. The second-order valence-electron chi connectivity index (χ2n) is 4.84. The lowest BCUT2D eigenvalue weighted by atomic mass is 10.1. The second-order valence-corrected chi connectivity index (χ2v) is 7.26. The summed E-state index contributed by atoms with van der Waals surface area (Å²) in [7, 11) is -3.14. The first-order valence-electron chi connectivity index (χ1n) is 6.07. The first-order valence-corrected chi connectivity index (χ1v) is 8.37. The van der Waals surface area contributed by atoms with E-state index >= 15 is 0 Å². The molecule has 4 nitrogen and oxygen atoms in total. The standard InChI is InChI=1S/C13H20N2O2S2/c1-9(2)14-13(18)15-10(3)11-5-7-12(8-6-11)19(4,16)17/h5-10H,1-4H3,(H2,14,15,18)/t10-/m1/s1. The zero-order valence-electron chi connectivity index (χ0n) is 11.6. The van der Waals surface area contributed by atoms with Crippen LogP contribution in [0.5, 0.6) is 0 Å². The highest BCUT2D eigenvalue weighted by atomic mass is 32.2. The molecule has 0 spiro atoms. The van der Waals surface area contributed by atoms with E-state index in [1.165, 1.54) is 6.26 Å². The maximum absolute atomic E-state index is 11.4. The van der Waals surface area contributed by atoms with Crippen molar-refractivity contribution in [2.45, 2.75) is 37.8 Å². The van der Waals surface area contributed by atoms with Crippen LogP contribution in [-0.2, 0) is 9.84 Å². The molecule has 106 valence electrons. The molecule has 2 N–H and O–H groups in total. The minimum atomic E-state index is -3.14. The highest BCUT2D eigenvalue weighted by Crippen LogP contribution is 2.16. The number of thiocarbonyl (C=S) groups is 1. The molecule has 0 saturated carbocycles. The van der Waals surface area contributed by atoms with E-state index in [1.807, 2.05) is 20.8 Å².